The minimum absolute atomic E-state index is 0.0419. The molecule has 4 aromatic rings. The molecule has 160 valence electrons. The molecule has 0 radical (unpaired) electrons. The molecule has 3 aromatic heterocycles. The van der Waals surface area contributed by atoms with Crippen LogP contribution in [0.2, 0.25) is 0 Å². The number of para-hydroxylation sites is 1. The molecule has 1 aliphatic heterocycles. The molecular weight excluding hydrogens is 406 g/mol. The SMILES string of the molecule is N=c1c(Nc2nc3c(ncn3[C@H]3C[C@H](O)[C@@H](CO)O3)c(=O)[nH]2)cn(O)c2ccccc12. The van der Waals surface area contributed by atoms with Crippen molar-refractivity contribution in [3.63, 3.8) is 0 Å². The average molecular weight is 425 g/mol. The molecule has 0 amide bonds. The summed E-state index contributed by atoms with van der Waals surface area (Å²) in [5.41, 5.74) is 0.475. The van der Waals surface area contributed by atoms with Gasteiger partial charge < -0.3 is 25.5 Å². The van der Waals surface area contributed by atoms with Crippen LogP contribution in [0, 0.1) is 5.41 Å². The summed E-state index contributed by atoms with van der Waals surface area (Å²) in [6, 6.07) is 6.88. The van der Waals surface area contributed by atoms with Crippen molar-refractivity contribution in [2.24, 2.45) is 0 Å². The molecule has 3 atom stereocenters. The zero-order chi connectivity index (χ0) is 21.7. The van der Waals surface area contributed by atoms with Crippen molar-refractivity contribution in [3.8, 4) is 0 Å². The molecule has 31 heavy (non-hydrogen) atoms. The van der Waals surface area contributed by atoms with Crippen LogP contribution in [0.3, 0.4) is 0 Å². The Bertz CT molecular complexity index is 1410. The molecule has 4 heterocycles. The molecule has 0 saturated carbocycles. The summed E-state index contributed by atoms with van der Waals surface area (Å²) in [6.07, 6.45) is 0.683. The number of aliphatic hydroxyl groups excluding tert-OH is 2. The van der Waals surface area contributed by atoms with Crippen molar-refractivity contribution in [3.05, 3.63) is 52.5 Å². The molecule has 0 bridgehead atoms. The van der Waals surface area contributed by atoms with Crippen molar-refractivity contribution < 1.29 is 20.2 Å². The Kier molecular flexibility index (Phi) is 4.46. The van der Waals surface area contributed by atoms with Gasteiger partial charge in [0, 0.05) is 11.8 Å². The number of ether oxygens (including phenoxy) is 1. The van der Waals surface area contributed by atoms with E-state index in [2.05, 4.69) is 20.3 Å². The molecule has 0 spiro atoms. The summed E-state index contributed by atoms with van der Waals surface area (Å²) in [6.45, 7) is -0.333. The monoisotopic (exact) mass is 425 g/mol. The van der Waals surface area contributed by atoms with Crippen molar-refractivity contribution in [1.82, 2.24) is 24.2 Å². The number of hydrogen-bond donors (Lipinski definition) is 6. The van der Waals surface area contributed by atoms with Gasteiger partial charge in [0.2, 0.25) is 5.95 Å². The lowest BCUT2D eigenvalue weighted by molar-refractivity contribution is -0.0432. The molecule has 1 fully saturated rings. The van der Waals surface area contributed by atoms with Gasteiger partial charge in [-0.1, -0.05) is 18.2 Å². The highest BCUT2D eigenvalue weighted by molar-refractivity contribution is 5.82. The number of rotatable bonds is 4. The van der Waals surface area contributed by atoms with E-state index >= 15 is 0 Å². The Morgan fingerprint density at radius 2 is 2.16 bits per heavy atom. The lowest BCUT2D eigenvalue weighted by Gasteiger charge is -2.14. The zero-order valence-corrected chi connectivity index (χ0v) is 16.1. The van der Waals surface area contributed by atoms with Gasteiger partial charge in [0.15, 0.2) is 11.2 Å². The Morgan fingerprint density at radius 1 is 1.35 bits per heavy atom. The third kappa shape index (κ3) is 3.13. The number of hydrogen-bond acceptors (Lipinski definition) is 9. The number of H-pyrrole nitrogens is 1. The number of benzene rings is 1. The zero-order valence-electron chi connectivity index (χ0n) is 16.1. The van der Waals surface area contributed by atoms with Crippen LogP contribution < -0.4 is 16.2 Å². The predicted molar refractivity (Wildman–Crippen MR) is 108 cm³/mol. The average Bonchev–Trinajstić information content (AvgIpc) is 3.35. The van der Waals surface area contributed by atoms with E-state index in [0.717, 1.165) is 4.73 Å². The maximum Gasteiger partial charge on any atom is 0.280 e. The summed E-state index contributed by atoms with van der Waals surface area (Å²) >= 11 is 0. The molecule has 5 rings (SSSR count). The van der Waals surface area contributed by atoms with Gasteiger partial charge in [-0.15, -0.1) is 0 Å². The standard InChI is InChI=1S/C19H19N7O5/c20-15-9-3-1-2-4-11(9)26(30)6-10(15)22-19-23-17-16(18(29)24-19)21-8-25(17)14-5-12(28)13(7-27)31-14/h1-4,6,8,12-14,20,27-28,30H,5,7H2,(H2,22,23,24,29)/t12-,13+,14+/m0/s1. The second-order valence-corrected chi connectivity index (χ2v) is 7.26. The molecule has 6 N–H and O–H groups in total. The second-order valence-electron chi connectivity index (χ2n) is 7.26. The van der Waals surface area contributed by atoms with Crippen molar-refractivity contribution in [2.45, 2.75) is 24.9 Å². The number of fused-ring (bicyclic) bond motifs is 2. The summed E-state index contributed by atoms with van der Waals surface area (Å²) in [4.78, 5) is 23.6. The summed E-state index contributed by atoms with van der Waals surface area (Å²) in [5.74, 6) is 0.0419. The van der Waals surface area contributed by atoms with Gasteiger partial charge in [0.05, 0.1) is 41.8 Å². The fraction of sp³-hybridized carbons (Fsp3) is 0.263. The minimum atomic E-state index is -0.851. The molecular formula is C19H19N7O5. The van der Waals surface area contributed by atoms with Crippen LogP contribution in [-0.2, 0) is 4.74 Å². The van der Waals surface area contributed by atoms with E-state index in [9.17, 15) is 20.2 Å². The lowest BCUT2D eigenvalue weighted by atomic mass is 10.2. The van der Waals surface area contributed by atoms with Crippen LogP contribution in [0.5, 0.6) is 0 Å². The first-order valence-electron chi connectivity index (χ1n) is 9.52. The number of imidazole rings is 1. The van der Waals surface area contributed by atoms with E-state index in [1.807, 2.05) is 0 Å². The van der Waals surface area contributed by atoms with Crippen LogP contribution >= 0.6 is 0 Å². The smallest absolute Gasteiger partial charge is 0.280 e. The van der Waals surface area contributed by atoms with Gasteiger partial charge in [0.25, 0.3) is 5.56 Å². The third-order valence-electron chi connectivity index (χ3n) is 5.32. The second kappa shape index (κ2) is 7.19. The summed E-state index contributed by atoms with van der Waals surface area (Å²) < 4.78 is 8.05. The van der Waals surface area contributed by atoms with E-state index in [1.165, 1.54) is 17.1 Å². The molecule has 12 heteroatoms. The molecule has 1 saturated heterocycles. The Hall–Kier alpha value is -3.74. The fourth-order valence-corrected chi connectivity index (χ4v) is 3.75. The van der Waals surface area contributed by atoms with Gasteiger partial charge in [0.1, 0.15) is 12.3 Å². The number of aliphatic hydroxyl groups is 2. The van der Waals surface area contributed by atoms with Crippen LogP contribution in [0.4, 0.5) is 11.6 Å². The summed E-state index contributed by atoms with van der Waals surface area (Å²) in [7, 11) is 0. The molecule has 0 aliphatic carbocycles. The van der Waals surface area contributed by atoms with Crippen LogP contribution in [0.15, 0.2) is 41.6 Å². The van der Waals surface area contributed by atoms with Gasteiger partial charge in [-0.05, 0) is 6.07 Å². The molecule has 0 unspecified atom stereocenters. The fourth-order valence-electron chi connectivity index (χ4n) is 3.75. The Labute approximate surface area is 173 Å². The van der Waals surface area contributed by atoms with Gasteiger partial charge >= 0.3 is 0 Å². The minimum Gasteiger partial charge on any atom is -0.428 e. The van der Waals surface area contributed by atoms with Crippen molar-refractivity contribution in [1.29, 1.82) is 5.41 Å². The van der Waals surface area contributed by atoms with E-state index < -0.39 is 24.0 Å². The third-order valence-corrected chi connectivity index (χ3v) is 5.32. The molecule has 1 aromatic carbocycles. The Balaban J connectivity index is 1.56. The summed E-state index contributed by atoms with van der Waals surface area (Å²) in [5, 5.41) is 41.5. The first-order chi connectivity index (χ1) is 15.0. The number of aromatic amines is 1. The lowest BCUT2D eigenvalue weighted by Crippen LogP contribution is -2.24. The predicted octanol–water partition coefficient (Wildman–Crippen LogP) is 0.175. The highest BCUT2D eigenvalue weighted by Gasteiger charge is 2.35. The highest BCUT2D eigenvalue weighted by Crippen LogP contribution is 2.30. The van der Waals surface area contributed by atoms with E-state index in [4.69, 9.17) is 10.1 Å². The van der Waals surface area contributed by atoms with Crippen molar-refractivity contribution >= 4 is 33.7 Å². The highest BCUT2D eigenvalue weighted by atomic mass is 16.5. The normalized spacial score (nSPS) is 21.2. The van der Waals surface area contributed by atoms with Crippen LogP contribution in [-0.4, -0.2) is 58.5 Å². The van der Waals surface area contributed by atoms with Crippen molar-refractivity contribution in [2.75, 3.05) is 11.9 Å². The first-order valence-corrected chi connectivity index (χ1v) is 9.52. The maximum atomic E-state index is 12.5. The number of nitrogens with one attached hydrogen (secondary N) is 3. The topological polar surface area (TPSA) is 174 Å². The number of anilines is 2. The molecule has 12 nitrogen and oxygen atoms in total. The number of nitrogens with zero attached hydrogens (tertiary/aromatic N) is 4. The van der Waals surface area contributed by atoms with Gasteiger partial charge in [-0.25, -0.2) is 4.98 Å². The van der Waals surface area contributed by atoms with E-state index in [1.54, 1.807) is 24.3 Å². The quantitative estimate of drug-likeness (QED) is 0.251. The van der Waals surface area contributed by atoms with Crippen LogP contribution in [0.25, 0.3) is 22.1 Å². The number of pyridine rings is 1. The number of aromatic nitrogens is 5. The van der Waals surface area contributed by atoms with E-state index in [0.29, 0.717) is 10.9 Å². The van der Waals surface area contributed by atoms with Gasteiger partial charge in [-0.3, -0.25) is 19.8 Å². The van der Waals surface area contributed by atoms with Gasteiger partial charge in [-0.2, -0.15) is 9.71 Å². The molecule has 1 aliphatic rings. The largest absolute Gasteiger partial charge is 0.428 e. The Morgan fingerprint density at radius 3 is 2.94 bits per heavy atom. The van der Waals surface area contributed by atoms with Crippen LogP contribution in [0.1, 0.15) is 12.6 Å². The maximum absolute atomic E-state index is 12.5. The first kappa shape index (κ1) is 19.2. The van der Waals surface area contributed by atoms with E-state index in [-0.39, 0.29) is 41.2 Å².